The van der Waals surface area contributed by atoms with Crippen molar-refractivity contribution in [2.45, 2.75) is 0 Å². The number of hydrogen-bond acceptors (Lipinski definition) is 4. The largest absolute Gasteiger partial charge is 0.309 e. The molecule has 0 amide bonds. The molecule has 5 aromatic heterocycles. The van der Waals surface area contributed by atoms with Crippen LogP contribution in [-0.2, 0) is 0 Å². The highest BCUT2D eigenvalue weighted by Gasteiger charge is 2.21. The number of nitrogens with zero attached hydrogens (tertiary/aromatic N) is 4. The van der Waals surface area contributed by atoms with Gasteiger partial charge in [-0.05, 0) is 72.8 Å². The van der Waals surface area contributed by atoms with Gasteiger partial charge in [0.2, 0.25) is 0 Å². The van der Waals surface area contributed by atoms with Crippen LogP contribution >= 0.6 is 22.7 Å². The van der Waals surface area contributed by atoms with Gasteiger partial charge in [-0.3, -0.25) is 0 Å². The number of thiophene rings is 2. The van der Waals surface area contributed by atoms with Crippen molar-refractivity contribution in [2.75, 3.05) is 0 Å². The zero-order valence-corrected chi connectivity index (χ0v) is 35.9. The first kappa shape index (κ1) is 35.7. The van der Waals surface area contributed by atoms with Crippen LogP contribution in [0.15, 0.2) is 206 Å². The Morgan fingerprint density at radius 2 is 0.703 bits per heavy atom. The zero-order chi connectivity index (χ0) is 41.9. The molecular formula is C58H34N4S2. The minimum absolute atomic E-state index is 0.669. The van der Waals surface area contributed by atoms with Gasteiger partial charge in [-0.25, -0.2) is 9.97 Å². The average Bonchev–Trinajstić information content (AvgIpc) is 4.10. The van der Waals surface area contributed by atoms with E-state index in [4.69, 9.17) is 9.97 Å². The summed E-state index contributed by atoms with van der Waals surface area (Å²) in [7, 11) is 0. The maximum Gasteiger partial charge on any atom is 0.160 e. The van der Waals surface area contributed by atoms with Gasteiger partial charge in [-0.2, -0.15) is 0 Å². The molecule has 0 aliphatic heterocycles. The molecule has 0 aliphatic rings. The van der Waals surface area contributed by atoms with Crippen LogP contribution in [0.5, 0.6) is 0 Å². The Bertz CT molecular complexity index is 3930. The number of hydrogen-bond donors (Lipinski definition) is 0. The minimum Gasteiger partial charge on any atom is -0.309 e. The average molecular weight is 851 g/mol. The molecule has 14 rings (SSSR count). The number of fused-ring (bicyclic) bond motifs is 12. The summed E-state index contributed by atoms with van der Waals surface area (Å²) in [5.41, 5.74) is 11.5. The van der Waals surface area contributed by atoms with Gasteiger partial charge in [0.1, 0.15) is 0 Å². The van der Waals surface area contributed by atoms with Gasteiger partial charge in [0, 0.05) is 90.0 Å². The third-order valence-electron chi connectivity index (χ3n) is 12.9. The molecule has 6 heteroatoms. The third-order valence-corrected chi connectivity index (χ3v) is 15.2. The van der Waals surface area contributed by atoms with E-state index in [9.17, 15) is 0 Å². The van der Waals surface area contributed by atoms with Crippen LogP contribution in [0.3, 0.4) is 0 Å². The highest BCUT2D eigenvalue weighted by atomic mass is 32.1. The summed E-state index contributed by atoms with van der Waals surface area (Å²) in [4.78, 5) is 10.8. The second-order valence-corrected chi connectivity index (χ2v) is 18.7. The Morgan fingerprint density at radius 3 is 1.19 bits per heavy atom. The lowest BCUT2D eigenvalue weighted by Gasteiger charge is -2.16. The Balaban J connectivity index is 1.11. The summed E-state index contributed by atoms with van der Waals surface area (Å²) < 4.78 is 10.1. The predicted molar refractivity (Wildman–Crippen MR) is 273 cm³/mol. The lowest BCUT2D eigenvalue weighted by Crippen LogP contribution is -2.02. The van der Waals surface area contributed by atoms with E-state index in [1.807, 2.05) is 22.7 Å². The first-order valence-corrected chi connectivity index (χ1v) is 23.2. The quantitative estimate of drug-likeness (QED) is 0.173. The van der Waals surface area contributed by atoms with Gasteiger partial charge in [0.25, 0.3) is 0 Å². The van der Waals surface area contributed by atoms with Crippen LogP contribution in [-0.4, -0.2) is 19.1 Å². The lowest BCUT2D eigenvalue weighted by molar-refractivity contribution is 1.12. The normalized spacial score (nSPS) is 12.1. The van der Waals surface area contributed by atoms with E-state index in [2.05, 4.69) is 215 Å². The van der Waals surface area contributed by atoms with Crippen LogP contribution in [0.1, 0.15) is 0 Å². The molecular weight excluding hydrogens is 817 g/mol. The summed E-state index contributed by atoms with van der Waals surface area (Å²) >= 11 is 3.73. The van der Waals surface area contributed by atoms with Crippen molar-refractivity contribution in [1.82, 2.24) is 19.1 Å². The molecule has 0 atom stereocenters. The summed E-state index contributed by atoms with van der Waals surface area (Å²) in [6, 6.07) is 74.8. The smallest absolute Gasteiger partial charge is 0.160 e. The molecule has 0 unspecified atom stereocenters. The Hall–Kier alpha value is -7.90. The van der Waals surface area contributed by atoms with Crippen molar-refractivity contribution in [1.29, 1.82) is 0 Å². The molecule has 14 aromatic rings. The first-order chi connectivity index (χ1) is 31.7. The molecule has 0 N–H and O–H groups in total. The molecule has 298 valence electrons. The van der Waals surface area contributed by atoms with Crippen LogP contribution in [0, 0.1) is 0 Å². The van der Waals surface area contributed by atoms with Crippen molar-refractivity contribution in [2.24, 2.45) is 0 Å². The van der Waals surface area contributed by atoms with Crippen LogP contribution in [0.2, 0.25) is 0 Å². The van der Waals surface area contributed by atoms with E-state index in [-0.39, 0.29) is 0 Å². The fourth-order valence-electron chi connectivity index (χ4n) is 10.0. The van der Waals surface area contributed by atoms with Gasteiger partial charge in [-0.15, -0.1) is 22.7 Å². The molecule has 0 aliphatic carbocycles. The fourth-order valence-corrected chi connectivity index (χ4v) is 12.3. The van der Waals surface area contributed by atoms with E-state index >= 15 is 0 Å². The van der Waals surface area contributed by atoms with Crippen molar-refractivity contribution in [3.63, 3.8) is 0 Å². The maximum absolute atomic E-state index is 5.40. The highest BCUT2D eigenvalue weighted by Crippen LogP contribution is 2.44. The highest BCUT2D eigenvalue weighted by molar-refractivity contribution is 7.26. The van der Waals surface area contributed by atoms with Crippen LogP contribution in [0.25, 0.3) is 129 Å². The molecule has 0 saturated carbocycles. The number of para-hydroxylation sites is 2. The molecule has 0 fully saturated rings. The van der Waals surface area contributed by atoms with Gasteiger partial charge in [0.05, 0.1) is 33.5 Å². The van der Waals surface area contributed by atoms with Crippen LogP contribution < -0.4 is 0 Å². The molecule has 0 radical (unpaired) electrons. The third kappa shape index (κ3) is 5.40. The van der Waals surface area contributed by atoms with Crippen molar-refractivity contribution < 1.29 is 0 Å². The maximum atomic E-state index is 5.40. The Kier molecular flexibility index (Phi) is 7.69. The number of rotatable bonds is 5. The topological polar surface area (TPSA) is 35.6 Å². The van der Waals surface area contributed by atoms with Gasteiger partial charge in [-0.1, -0.05) is 133 Å². The lowest BCUT2D eigenvalue weighted by atomic mass is 10.1. The number of benzene rings is 9. The van der Waals surface area contributed by atoms with Gasteiger partial charge in [0.15, 0.2) is 5.82 Å². The standard InChI is InChI=1S/C58H34N4S2/c1-3-15-35(16-4-1)48-34-49(36-17-5-2-6-18-36)60-58(59-48)37-27-38(61-50-23-11-7-19-40(50)44-32-56-46(30-52(44)61)42-21-9-13-25-54(42)63-56)29-39(28-37)62-51-24-12-8-20-41(51)45-33-57-47(31-53(45)62)43-22-10-14-26-55(43)64-57/h1-34H. The fraction of sp³-hybridized carbons (Fsp3) is 0. The van der Waals surface area contributed by atoms with E-state index in [1.54, 1.807) is 0 Å². The van der Waals surface area contributed by atoms with Crippen molar-refractivity contribution >= 4 is 107 Å². The van der Waals surface area contributed by atoms with E-state index in [0.29, 0.717) is 5.82 Å². The summed E-state index contributed by atoms with van der Waals surface area (Å²) in [5.74, 6) is 0.669. The zero-order valence-electron chi connectivity index (χ0n) is 34.2. The molecule has 5 heterocycles. The molecule has 4 nitrogen and oxygen atoms in total. The molecule has 0 spiro atoms. The molecule has 0 saturated heterocycles. The van der Waals surface area contributed by atoms with E-state index in [0.717, 1.165) is 61.5 Å². The van der Waals surface area contributed by atoms with Crippen molar-refractivity contribution in [3.8, 4) is 45.3 Å². The molecule has 64 heavy (non-hydrogen) atoms. The monoisotopic (exact) mass is 850 g/mol. The van der Waals surface area contributed by atoms with Crippen molar-refractivity contribution in [3.05, 3.63) is 206 Å². The number of aromatic nitrogens is 4. The summed E-state index contributed by atoms with van der Waals surface area (Å²) in [5, 5.41) is 10.0. The Labute approximate surface area is 375 Å². The second-order valence-electron chi connectivity index (χ2n) is 16.6. The second kappa shape index (κ2) is 13.8. The SMILES string of the molecule is c1ccc(-c2cc(-c3ccccc3)nc(-c3cc(-n4c5ccccc5c5cc6sc7ccccc7c6cc54)cc(-n4c5ccccc5c5cc6sc7ccccc7c6cc54)c3)n2)cc1. The van der Waals surface area contributed by atoms with Gasteiger partial charge >= 0.3 is 0 Å². The molecule has 9 aromatic carbocycles. The van der Waals surface area contributed by atoms with E-state index < -0.39 is 0 Å². The van der Waals surface area contributed by atoms with Crippen LogP contribution in [0.4, 0.5) is 0 Å². The molecule has 0 bridgehead atoms. The Morgan fingerprint density at radius 1 is 0.281 bits per heavy atom. The van der Waals surface area contributed by atoms with Gasteiger partial charge < -0.3 is 9.13 Å². The minimum atomic E-state index is 0.669. The first-order valence-electron chi connectivity index (χ1n) is 21.6. The predicted octanol–water partition coefficient (Wildman–Crippen LogP) is 16.4. The summed E-state index contributed by atoms with van der Waals surface area (Å²) in [6.07, 6.45) is 0. The van der Waals surface area contributed by atoms with E-state index in [1.165, 1.54) is 61.9 Å². The summed E-state index contributed by atoms with van der Waals surface area (Å²) in [6.45, 7) is 0.